The van der Waals surface area contributed by atoms with Crippen LogP contribution in [0.4, 0.5) is 4.39 Å². The summed E-state index contributed by atoms with van der Waals surface area (Å²) in [7, 11) is 1.57. The average Bonchev–Trinajstić information content (AvgIpc) is 2.18. The summed E-state index contributed by atoms with van der Waals surface area (Å²) in [5.41, 5.74) is 0.641. The van der Waals surface area contributed by atoms with E-state index in [1.54, 1.807) is 13.2 Å². The molecule has 1 aromatic carbocycles. The van der Waals surface area contributed by atoms with Gasteiger partial charge in [0.15, 0.2) is 11.5 Å². The standard InChI is InChI=1S/C11H13FO2/c1-7-3-4-8-9(12)5-6-10(13-2)11(8)14-7/h5-7H,3-4H2,1-2H3. The first-order chi connectivity index (χ1) is 6.72. The van der Waals surface area contributed by atoms with Gasteiger partial charge < -0.3 is 9.47 Å². The Labute approximate surface area is 82.6 Å². The molecule has 3 heteroatoms. The van der Waals surface area contributed by atoms with Crippen molar-refractivity contribution in [1.82, 2.24) is 0 Å². The Bertz CT molecular complexity index is 349. The van der Waals surface area contributed by atoms with Gasteiger partial charge in [-0.15, -0.1) is 0 Å². The Kier molecular flexibility index (Phi) is 2.32. The predicted molar refractivity (Wildman–Crippen MR) is 51.4 cm³/mol. The van der Waals surface area contributed by atoms with Gasteiger partial charge in [0.1, 0.15) is 5.82 Å². The van der Waals surface area contributed by atoms with Crippen LogP contribution in [0.3, 0.4) is 0 Å². The normalized spacial score (nSPS) is 19.8. The van der Waals surface area contributed by atoms with Crippen LogP contribution < -0.4 is 9.47 Å². The molecule has 76 valence electrons. The maximum absolute atomic E-state index is 13.4. The molecule has 2 rings (SSSR count). The fourth-order valence-corrected chi connectivity index (χ4v) is 1.71. The van der Waals surface area contributed by atoms with E-state index in [0.29, 0.717) is 17.1 Å². The highest BCUT2D eigenvalue weighted by Crippen LogP contribution is 2.37. The number of rotatable bonds is 1. The fraction of sp³-hybridized carbons (Fsp3) is 0.455. The zero-order valence-corrected chi connectivity index (χ0v) is 8.34. The van der Waals surface area contributed by atoms with Crippen LogP contribution in [0.2, 0.25) is 0 Å². The smallest absolute Gasteiger partial charge is 0.167 e. The van der Waals surface area contributed by atoms with E-state index in [4.69, 9.17) is 9.47 Å². The molecule has 0 aliphatic carbocycles. The maximum Gasteiger partial charge on any atom is 0.167 e. The minimum Gasteiger partial charge on any atom is -0.493 e. The number of hydrogen-bond acceptors (Lipinski definition) is 2. The molecule has 0 saturated carbocycles. The van der Waals surface area contributed by atoms with Crippen LogP contribution in [0.25, 0.3) is 0 Å². The number of methoxy groups -OCH3 is 1. The van der Waals surface area contributed by atoms with Gasteiger partial charge in [0, 0.05) is 5.56 Å². The number of hydrogen-bond donors (Lipinski definition) is 0. The van der Waals surface area contributed by atoms with Crippen LogP contribution in [0.15, 0.2) is 12.1 Å². The SMILES string of the molecule is COc1ccc(F)c2c1OC(C)CC2. The summed E-state index contributed by atoms with van der Waals surface area (Å²) in [6, 6.07) is 3.03. The molecular formula is C11H13FO2. The van der Waals surface area contributed by atoms with Crippen LogP contribution in [0.1, 0.15) is 18.9 Å². The predicted octanol–water partition coefficient (Wildman–Crippen LogP) is 2.55. The second-order valence-corrected chi connectivity index (χ2v) is 3.52. The topological polar surface area (TPSA) is 18.5 Å². The van der Waals surface area contributed by atoms with Gasteiger partial charge in [-0.05, 0) is 31.9 Å². The second kappa shape index (κ2) is 3.48. The molecule has 0 saturated heterocycles. The first-order valence-corrected chi connectivity index (χ1v) is 4.74. The van der Waals surface area contributed by atoms with Crippen molar-refractivity contribution < 1.29 is 13.9 Å². The van der Waals surface area contributed by atoms with Crippen molar-refractivity contribution in [2.24, 2.45) is 0 Å². The molecule has 1 unspecified atom stereocenters. The van der Waals surface area contributed by atoms with E-state index in [0.717, 1.165) is 12.8 Å². The van der Waals surface area contributed by atoms with Gasteiger partial charge in [0.05, 0.1) is 13.2 Å². The molecule has 1 heterocycles. The minimum absolute atomic E-state index is 0.137. The van der Waals surface area contributed by atoms with Crippen molar-refractivity contribution in [2.75, 3.05) is 7.11 Å². The lowest BCUT2D eigenvalue weighted by Gasteiger charge is -2.25. The molecule has 1 aromatic rings. The highest BCUT2D eigenvalue weighted by Gasteiger charge is 2.22. The van der Waals surface area contributed by atoms with Crippen LogP contribution in [-0.2, 0) is 6.42 Å². The van der Waals surface area contributed by atoms with Crippen molar-refractivity contribution in [3.05, 3.63) is 23.5 Å². The first-order valence-electron chi connectivity index (χ1n) is 4.74. The van der Waals surface area contributed by atoms with E-state index >= 15 is 0 Å². The Morgan fingerprint density at radius 3 is 3.00 bits per heavy atom. The summed E-state index contributed by atoms with van der Waals surface area (Å²) in [6.07, 6.45) is 1.72. The molecule has 0 radical (unpaired) electrons. The molecule has 1 aliphatic rings. The lowest BCUT2D eigenvalue weighted by Crippen LogP contribution is -2.20. The monoisotopic (exact) mass is 196 g/mol. The Hall–Kier alpha value is -1.25. The average molecular weight is 196 g/mol. The van der Waals surface area contributed by atoms with Crippen molar-refractivity contribution in [3.63, 3.8) is 0 Å². The summed E-state index contributed by atoms with van der Waals surface area (Å²) in [5.74, 6) is 0.993. The molecule has 0 spiro atoms. The molecule has 0 fully saturated rings. The van der Waals surface area contributed by atoms with Gasteiger partial charge in [-0.25, -0.2) is 4.39 Å². The number of ether oxygens (including phenoxy) is 2. The summed E-state index contributed by atoms with van der Waals surface area (Å²) in [6.45, 7) is 1.98. The Morgan fingerprint density at radius 2 is 2.29 bits per heavy atom. The van der Waals surface area contributed by atoms with Crippen LogP contribution in [-0.4, -0.2) is 13.2 Å². The largest absolute Gasteiger partial charge is 0.493 e. The fourth-order valence-electron chi connectivity index (χ4n) is 1.71. The summed E-state index contributed by atoms with van der Waals surface area (Å²) < 4.78 is 24.1. The van der Waals surface area contributed by atoms with E-state index in [-0.39, 0.29) is 11.9 Å². The van der Waals surface area contributed by atoms with E-state index in [2.05, 4.69) is 0 Å². The molecular weight excluding hydrogens is 183 g/mol. The van der Waals surface area contributed by atoms with Gasteiger partial charge in [-0.1, -0.05) is 0 Å². The van der Waals surface area contributed by atoms with E-state index in [1.165, 1.54) is 6.07 Å². The van der Waals surface area contributed by atoms with Crippen LogP contribution in [0, 0.1) is 5.82 Å². The van der Waals surface area contributed by atoms with Gasteiger partial charge in [0.2, 0.25) is 0 Å². The zero-order valence-electron chi connectivity index (χ0n) is 8.34. The first kappa shape index (κ1) is 9.31. The quantitative estimate of drug-likeness (QED) is 0.687. The van der Waals surface area contributed by atoms with Gasteiger partial charge in [-0.2, -0.15) is 0 Å². The molecule has 1 atom stereocenters. The van der Waals surface area contributed by atoms with Crippen molar-refractivity contribution in [3.8, 4) is 11.5 Å². The molecule has 14 heavy (non-hydrogen) atoms. The zero-order chi connectivity index (χ0) is 10.1. The highest BCUT2D eigenvalue weighted by molar-refractivity contribution is 5.48. The number of halogens is 1. The van der Waals surface area contributed by atoms with Crippen molar-refractivity contribution in [1.29, 1.82) is 0 Å². The molecule has 0 N–H and O–H groups in total. The molecule has 1 aliphatic heterocycles. The third-order valence-corrected chi connectivity index (χ3v) is 2.51. The third kappa shape index (κ3) is 1.43. The maximum atomic E-state index is 13.4. The molecule has 0 aromatic heterocycles. The second-order valence-electron chi connectivity index (χ2n) is 3.52. The van der Waals surface area contributed by atoms with Crippen molar-refractivity contribution >= 4 is 0 Å². The highest BCUT2D eigenvalue weighted by atomic mass is 19.1. The molecule has 2 nitrogen and oxygen atoms in total. The number of benzene rings is 1. The summed E-state index contributed by atoms with van der Waals surface area (Å²) in [5, 5.41) is 0. The number of fused-ring (bicyclic) bond motifs is 1. The van der Waals surface area contributed by atoms with Gasteiger partial charge in [0.25, 0.3) is 0 Å². The van der Waals surface area contributed by atoms with Crippen LogP contribution in [0.5, 0.6) is 11.5 Å². The lowest BCUT2D eigenvalue weighted by molar-refractivity contribution is 0.181. The van der Waals surface area contributed by atoms with E-state index < -0.39 is 0 Å². The van der Waals surface area contributed by atoms with E-state index in [9.17, 15) is 4.39 Å². The molecule has 0 amide bonds. The summed E-state index contributed by atoms with van der Waals surface area (Å²) >= 11 is 0. The lowest BCUT2D eigenvalue weighted by atomic mass is 10.0. The van der Waals surface area contributed by atoms with Crippen molar-refractivity contribution in [2.45, 2.75) is 25.9 Å². The van der Waals surface area contributed by atoms with Gasteiger partial charge >= 0.3 is 0 Å². The summed E-state index contributed by atoms with van der Waals surface area (Å²) in [4.78, 5) is 0. The Morgan fingerprint density at radius 1 is 1.50 bits per heavy atom. The third-order valence-electron chi connectivity index (χ3n) is 2.51. The molecule has 0 bridgehead atoms. The minimum atomic E-state index is -0.201. The van der Waals surface area contributed by atoms with Gasteiger partial charge in [-0.3, -0.25) is 0 Å². The van der Waals surface area contributed by atoms with E-state index in [1.807, 2.05) is 6.92 Å². The van der Waals surface area contributed by atoms with Crippen LogP contribution >= 0.6 is 0 Å². The Balaban J connectivity index is 2.49.